The summed E-state index contributed by atoms with van der Waals surface area (Å²) >= 11 is 12.2. The summed E-state index contributed by atoms with van der Waals surface area (Å²) < 4.78 is 42.0. The molecule has 2 aromatic carbocycles. The van der Waals surface area contributed by atoms with E-state index in [1.54, 1.807) is 48.5 Å². The number of aromatic nitrogens is 6. The Morgan fingerprint density at radius 3 is 2.37 bits per heavy atom. The van der Waals surface area contributed by atoms with Crippen LogP contribution in [0.5, 0.6) is 0 Å². The van der Waals surface area contributed by atoms with Crippen molar-refractivity contribution in [2.75, 3.05) is 0 Å². The number of aliphatic hydroxyl groups is 1. The summed E-state index contributed by atoms with van der Waals surface area (Å²) in [6.45, 7) is 0.647. The molecule has 4 aromatic rings. The summed E-state index contributed by atoms with van der Waals surface area (Å²) in [6, 6.07) is 13.0. The first-order chi connectivity index (χ1) is 16.5. The minimum absolute atomic E-state index is 0.0530. The molecule has 0 saturated heterocycles. The van der Waals surface area contributed by atoms with Gasteiger partial charge < -0.3 is 5.11 Å². The Morgan fingerprint density at radius 1 is 1.06 bits per heavy atom. The molecule has 2 heterocycles. The van der Waals surface area contributed by atoms with Gasteiger partial charge in [-0.2, -0.15) is 13.2 Å². The third kappa shape index (κ3) is 5.58. The highest BCUT2D eigenvalue weighted by Crippen LogP contribution is 2.25. The highest BCUT2D eigenvalue weighted by Gasteiger charge is 2.29. The molecule has 0 fully saturated rings. The molecule has 1 N–H and O–H groups in total. The van der Waals surface area contributed by atoms with Crippen LogP contribution in [0.2, 0.25) is 10.0 Å². The van der Waals surface area contributed by atoms with E-state index in [0.29, 0.717) is 21.3 Å². The number of benzene rings is 2. The van der Waals surface area contributed by atoms with E-state index in [0.717, 1.165) is 9.25 Å². The summed E-state index contributed by atoms with van der Waals surface area (Å²) in [5.74, 6) is 0.346. The Labute approximate surface area is 207 Å². The number of nitrogens with zero attached hydrogens (tertiary/aromatic N) is 6. The lowest BCUT2D eigenvalue weighted by atomic mass is 10.2. The van der Waals surface area contributed by atoms with Crippen molar-refractivity contribution in [3.63, 3.8) is 0 Å². The van der Waals surface area contributed by atoms with Gasteiger partial charge in [0.25, 0.3) is 0 Å². The summed E-state index contributed by atoms with van der Waals surface area (Å²) in [6.07, 6.45) is -6.68. The van der Waals surface area contributed by atoms with Crippen LogP contribution in [-0.4, -0.2) is 40.4 Å². The predicted octanol–water partition coefficient (Wildman–Crippen LogP) is 4.65. The first-order valence-corrected chi connectivity index (χ1v) is 11.2. The summed E-state index contributed by atoms with van der Waals surface area (Å²) in [4.78, 5) is 17.3. The molecule has 1 unspecified atom stereocenters. The van der Waals surface area contributed by atoms with Crippen molar-refractivity contribution >= 4 is 23.2 Å². The number of aliphatic hydroxyl groups excluding tert-OH is 1. The highest BCUT2D eigenvalue weighted by molar-refractivity contribution is 6.32. The van der Waals surface area contributed by atoms with Crippen LogP contribution in [0, 0.1) is 0 Å². The van der Waals surface area contributed by atoms with Gasteiger partial charge >= 0.3 is 11.9 Å². The van der Waals surface area contributed by atoms with E-state index in [1.807, 2.05) is 0 Å². The maximum Gasteiger partial charge on any atom is 0.390 e. The van der Waals surface area contributed by atoms with Gasteiger partial charge in [0.05, 0.1) is 17.1 Å². The predicted molar refractivity (Wildman–Crippen MR) is 124 cm³/mol. The Kier molecular flexibility index (Phi) is 7.02. The van der Waals surface area contributed by atoms with Crippen LogP contribution in [0.25, 0.3) is 17.1 Å². The van der Waals surface area contributed by atoms with Gasteiger partial charge in [0.15, 0.2) is 17.5 Å². The fraction of sp³-hybridized carbons (Fsp3) is 0.273. The van der Waals surface area contributed by atoms with E-state index in [1.165, 1.54) is 11.6 Å². The first-order valence-electron chi connectivity index (χ1n) is 10.4. The van der Waals surface area contributed by atoms with E-state index >= 15 is 0 Å². The van der Waals surface area contributed by atoms with Crippen LogP contribution < -0.4 is 5.69 Å². The quantitative estimate of drug-likeness (QED) is 0.378. The van der Waals surface area contributed by atoms with Gasteiger partial charge in [-0.1, -0.05) is 35.3 Å². The molecular formula is C22H19Cl2F3N6O2. The zero-order valence-corrected chi connectivity index (χ0v) is 19.8. The van der Waals surface area contributed by atoms with Gasteiger partial charge in [-0.25, -0.2) is 19.1 Å². The number of hydrogen-bond acceptors (Lipinski definition) is 5. The zero-order valence-electron chi connectivity index (χ0n) is 18.2. The van der Waals surface area contributed by atoms with Crippen LogP contribution in [0.3, 0.4) is 0 Å². The van der Waals surface area contributed by atoms with Crippen LogP contribution in [0.1, 0.15) is 31.1 Å². The van der Waals surface area contributed by atoms with E-state index in [4.69, 9.17) is 23.2 Å². The van der Waals surface area contributed by atoms with Crippen molar-refractivity contribution in [2.45, 2.75) is 38.7 Å². The van der Waals surface area contributed by atoms with Crippen molar-refractivity contribution in [3.05, 3.63) is 80.7 Å². The van der Waals surface area contributed by atoms with E-state index in [2.05, 4.69) is 15.2 Å². The average Bonchev–Trinajstić information content (AvgIpc) is 3.34. The van der Waals surface area contributed by atoms with Gasteiger partial charge in [-0.05, 0) is 43.3 Å². The fourth-order valence-electron chi connectivity index (χ4n) is 3.44. The summed E-state index contributed by atoms with van der Waals surface area (Å²) in [7, 11) is 0. The molecule has 184 valence electrons. The van der Waals surface area contributed by atoms with Gasteiger partial charge in [0, 0.05) is 17.1 Å². The molecule has 0 amide bonds. The van der Waals surface area contributed by atoms with E-state index in [-0.39, 0.29) is 24.0 Å². The Bertz CT molecular complexity index is 1390. The van der Waals surface area contributed by atoms with Crippen LogP contribution in [0.4, 0.5) is 13.2 Å². The molecule has 0 aliphatic carbocycles. The zero-order chi connectivity index (χ0) is 25.3. The molecular weight excluding hydrogens is 508 g/mol. The number of para-hydroxylation sites is 1. The molecule has 0 bridgehead atoms. The van der Waals surface area contributed by atoms with Gasteiger partial charge in [0.1, 0.15) is 12.6 Å². The fourth-order valence-corrected chi connectivity index (χ4v) is 3.78. The van der Waals surface area contributed by atoms with Crippen molar-refractivity contribution in [3.8, 4) is 17.1 Å². The highest BCUT2D eigenvalue weighted by atomic mass is 35.5. The molecule has 13 heteroatoms. The maximum absolute atomic E-state index is 13.0. The molecule has 8 nitrogen and oxygen atoms in total. The molecule has 35 heavy (non-hydrogen) atoms. The normalized spacial score (nSPS) is 12.8. The minimum atomic E-state index is -4.46. The van der Waals surface area contributed by atoms with Crippen molar-refractivity contribution in [2.24, 2.45) is 0 Å². The minimum Gasteiger partial charge on any atom is -0.385 e. The van der Waals surface area contributed by atoms with Gasteiger partial charge in [0.2, 0.25) is 0 Å². The van der Waals surface area contributed by atoms with Crippen molar-refractivity contribution < 1.29 is 18.3 Å². The Morgan fingerprint density at radius 2 is 1.74 bits per heavy atom. The lowest BCUT2D eigenvalue weighted by molar-refractivity contribution is -0.136. The van der Waals surface area contributed by atoms with Gasteiger partial charge in [-0.3, -0.25) is 4.57 Å². The largest absolute Gasteiger partial charge is 0.390 e. The third-order valence-corrected chi connectivity index (χ3v) is 5.64. The Balaban J connectivity index is 1.75. The van der Waals surface area contributed by atoms with E-state index in [9.17, 15) is 23.1 Å². The molecule has 0 saturated carbocycles. The van der Waals surface area contributed by atoms with Crippen LogP contribution in [0.15, 0.2) is 53.3 Å². The second kappa shape index (κ2) is 9.84. The molecule has 0 radical (unpaired) electrons. The SMILES string of the molecule is CC(O)c1nc(Cn2nc(-c3ccc(Cl)cc3)n(CCC(F)(F)F)c2=O)nn1-c1ccccc1Cl. The first kappa shape index (κ1) is 25.0. The Hall–Kier alpha value is -3.15. The molecule has 0 spiro atoms. The van der Waals surface area contributed by atoms with Crippen LogP contribution >= 0.6 is 23.2 Å². The maximum atomic E-state index is 13.0. The number of rotatable bonds is 7. The smallest absolute Gasteiger partial charge is 0.385 e. The van der Waals surface area contributed by atoms with Crippen molar-refractivity contribution in [1.82, 2.24) is 29.1 Å². The standard InChI is InChI=1S/C22H19Cl2F3N6O2/c1-13(34)19-28-18(29-33(19)17-5-3-2-4-16(17)24)12-32-21(35)31(11-10-22(25,26)27)20(30-32)14-6-8-15(23)9-7-14/h2-9,13,34H,10-12H2,1H3. The van der Waals surface area contributed by atoms with Crippen molar-refractivity contribution in [1.29, 1.82) is 0 Å². The molecule has 0 aliphatic heterocycles. The molecule has 1 atom stereocenters. The second-order valence-corrected chi connectivity index (χ2v) is 8.56. The van der Waals surface area contributed by atoms with Crippen LogP contribution in [-0.2, 0) is 13.1 Å². The van der Waals surface area contributed by atoms with Gasteiger partial charge in [-0.15, -0.1) is 10.2 Å². The molecule has 2 aromatic heterocycles. The number of hydrogen-bond donors (Lipinski definition) is 1. The average molecular weight is 527 g/mol. The third-order valence-electron chi connectivity index (χ3n) is 5.07. The molecule has 0 aliphatic rings. The number of alkyl halides is 3. The second-order valence-electron chi connectivity index (χ2n) is 7.71. The topological polar surface area (TPSA) is 90.8 Å². The van der Waals surface area contributed by atoms with E-state index < -0.39 is 30.9 Å². The monoisotopic (exact) mass is 526 g/mol. The summed E-state index contributed by atoms with van der Waals surface area (Å²) in [5.41, 5.74) is 0.132. The summed E-state index contributed by atoms with van der Waals surface area (Å²) in [5, 5.41) is 19.6. The molecule has 4 rings (SSSR count). The number of halogens is 5. The lowest BCUT2D eigenvalue weighted by Crippen LogP contribution is -2.27. The lowest BCUT2D eigenvalue weighted by Gasteiger charge is -2.08.